The van der Waals surface area contributed by atoms with Crippen molar-refractivity contribution in [2.75, 3.05) is 13.7 Å². The summed E-state index contributed by atoms with van der Waals surface area (Å²) in [6.45, 7) is 0.607. The third-order valence-corrected chi connectivity index (χ3v) is 6.28. The number of rotatable bonds is 6. The fourth-order valence-corrected chi connectivity index (χ4v) is 4.61. The monoisotopic (exact) mass is 438 g/mol. The Bertz CT molecular complexity index is 1170. The molecule has 2 atom stereocenters. The Balaban J connectivity index is 1.56. The molecule has 1 fully saturated rings. The number of esters is 1. The van der Waals surface area contributed by atoms with Gasteiger partial charge in [-0.15, -0.1) is 0 Å². The second-order valence-corrected chi connectivity index (χ2v) is 8.30. The maximum absolute atomic E-state index is 13.4. The van der Waals surface area contributed by atoms with Gasteiger partial charge in [0.2, 0.25) is 0 Å². The fourth-order valence-electron chi connectivity index (χ4n) is 4.61. The topological polar surface area (TPSA) is 70.4 Å². The average Bonchev–Trinajstić information content (AvgIpc) is 3.36. The van der Waals surface area contributed by atoms with E-state index in [9.17, 15) is 14.9 Å². The van der Waals surface area contributed by atoms with Crippen molar-refractivity contribution in [3.8, 4) is 17.2 Å². The van der Waals surface area contributed by atoms with Gasteiger partial charge in [0.1, 0.15) is 0 Å². The van der Waals surface area contributed by atoms with Gasteiger partial charge in [0, 0.05) is 18.2 Å². The molecule has 0 radical (unpaired) electrons. The summed E-state index contributed by atoms with van der Waals surface area (Å²) >= 11 is 0. The van der Waals surface area contributed by atoms with Crippen LogP contribution < -0.4 is 0 Å². The minimum Gasteiger partial charge on any atom is -0.469 e. The van der Waals surface area contributed by atoms with Crippen molar-refractivity contribution in [1.82, 2.24) is 4.90 Å². The molecule has 1 aliphatic rings. The molecular formula is C28H26N2O3. The van der Waals surface area contributed by atoms with Crippen molar-refractivity contribution in [3.05, 3.63) is 95.6 Å². The molecule has 1 amide bonds. The third kappa shape index (κ3) is 4.96. The first kappa shape index (κ1) is 22.3. The van der Waals surface area contributed by atoms with Crippen molar-refractivity contribution in [1.29, 1.82) is 5.26 Å². The van der Waals surface area contributed by atoms with Gasteiger partial charge in [0.05, 0.1) is 24.7 Å². The molecule has 5 heteroatoms. The van der Waals surface area contributed by atoms with Crippen LogP contribution in [-0.4, -0.2) is 36.5 Å². The number of benzene rings is 3. The Morgan fingerprint density at radius 2 is 1.76 bits per heavy atom. The summed E-state index contributed by atoms with van der Waals surface area (Å²) in [6, 6.07) is 26.8. The summed E-state index contributed by atoms with van der Waals surface area (Å²) < 4.78 is 5.11. The summed E-state index contributed by atoms with van der Waals surface area (Å²) in [5.41, 5.74) is 4.19. The first-order valence-electron chi connectivity index (χ1n) is 11.1. The Hall–Kier alpha value is -3.91. The van der Waals surface area contributed by atoms with Crippen LogP contribution in [0.15, 0.2) is 78.9 Å². The van der Waals surface area contributed by atoms with E-state index in [-0.39, 0.29) is 17.9 Å². The van der Waals surface area contributed by atoms with Crippen LogP contribution in [0.2, 0.25) is 0 Å². The SMILES string of the molecule is COC(=O)C(Cc1cccc(C#N)c1)C1CCCN1C(=O)c1ccc(-c2ccccc2)cc1. The predicted octanol–water partition coefficient (Wildman–Crippen LogP) is 4.86. The zero-order valence-electron chi connectivity index (χ0n) is 18.6. The quantitative estimate of drug-likeness (QED) is 0.515. The zero-order valence-corrected chi connectivity index (χ0v) is 18.6. The molecule has 33 heavy (non-hydrogen) atoms. The molecule has 1 heterocycles. The number of nitriles is 1. The molecule has 3 aromatic carbocycles. The van der Waals surface area contributed by atoms with E-state index >= 15 is 0 Å². The number of nitrogens with zero attached hydrogens (tertiary/aromatic N) is 2. The van der Waals surface area contributed by atoms with Gasteiger partial charge in [-0.25, -0.2) is 0 Å². The van der Waals surface area contributed by atoms with Crippen LogP contribution in [0.25, 0.3) is 11.1 Å². The largest absolute Gasteiger partial charge is 0.469 e. The van der Waals surface area contributed by atoms with Gasteiger partial charge in [0.15, 0.2) is 0 Å². The molecular weight excluding hydrogens is 412 g/mol. The van der Waals surface area contributed by atoms with Crippen molar-refractivity contribution in [2.45, 2.75) is 25.3 Å². The Morgan fingerprint density at radius 1 is 1.03 bits per heavy atom. The second kappa shape index (κ2) is 10.1. The summed E-state index contributed by atoms with van der Waals surface area (Å²) in [5, 5.41) is 9.20. The van der Waals surface area contributed by atoms with Crippen LogP contribution in [0.4, 0.5) is 0 Å². The van der Waals surface area contributed by atoms with Gasteiger partial charge in [-0.3, -0.25) is 9.59 Å². The van der Waals surface area contributed by atoms with Crippen LogP contribution in [0.3, 0.4) is 0 Å². The molecule has 0 bridgehead atoms. The maximum atomic E-state index is 13.4. The highest BCUT2D eigenvalue weighted by Gasteiger charge is 2.39. The van der Waals surface area contributed by atoms with E-state index in [1.54, 1.807) is 12.1 Å². The Labute approximate surface area is 194 Å². The van der Waals surface area contributed by atoms with Crippen LogP contribution >= 0.6 is 0 Å². The fraction of sp³-hybridized carbons (Fsp3) is 0.250. The number of carbonyl (C=O) groups excluding carboxylic acids is 2. The molecule has 3 aromatic rings. The van der Waals surface area contributed by atoms with Gasteiger partial charge in [-0.1, -0.05) is 54.6 Å². The zero-order chi connectivity index (χ0) is 23.2. The first-order valence-corrected chi connectivity index (χ1v) is 11.1. The number of hydrogen-bond acceptors (Lipinski definition) is 4. The number of ether oxygens (including phenoxy) is 1. The van der Waals surface area contributed by atoms with Gasteiger partial charge >= 0.3 is 5.97 Å². The maximum Gasteiger partial charge on any atom is 0.311 e. The molecule has 0 saturated carbocycles. The van der Waals surface area contributed by atoms with Crippen LogP contribution in [0.1, 0.15) is 34.3 Å². The Morgan fingerprint density at radius 3 is 2.45 bits per heavy atom. The first-order chi connectivity index (χ1) is 16.1. The lowest BCUT2D eigenvalue weighted by atomic mass is 9.89. The molecule has 1 saturated heterocycles. The van der Waals surface area contributed by atoms with E-state index in [2.05, 4.69) is 6.07 Å². The van der Waals surface area contributed by atoms with E-state index in [1.807, 2.05) is 71.6 Å². The van der Waals surface area contributed by atoms with E-state index in [0.717, 1.165) is 29.5 Å². The van der Waals surface area contributed by atoms with E-state index in [4.69, 9.17) is 4.74 Å². The second-order valence-electron chi connectivity index (χ2n) is 8.30. The lowest BCUT2D eigenvalue weighted by molar-refractivity contribution is -0.147. The molecule has 1 aliphatic heterocycles. The minimum absolute atomic E-state index is 0.0724. The molecule has 0 spiro atoms. The van der Waals surface area contributed by atoms with Gasteiger partial charge in [0.25, 0.3) is 5.91 Å². The third-order valence-electron chi connectivity index (χ3n) is 6.28. The van der Waals surface area contributed by atoms with Gasteiger partial charge in [-0.05, 0) is 60.2 Å². The van der Waals surface area contributed by atoms with E-state index in [1.165, 1.54) is 7.11 Å². The summed E-state index contributed by atoms with van der Waals surface area (Å²) in [5.74, 6) is -0.891. The van der Waals surface area contributed by atoms with Crippen molar-refractivity contribution in [2.24, 2.45) is 5.92 Å². The van der Waals surface area contributed by atoms with Gasteiger partial charge in [-0.2, -0.15) is 5.26 Å². The summed E-state index contributed by atoms with van der Waals surface area (Å²) in [7, 11) is 1.38. The van der Waals surface area contributed by atoms with Crippen molar-refractivity contribution in [3.63, 3.8) is 0 Å². The van der Waals surface area contributed by atoms with Crippen LogP contribution in [-0.2, 0) is 16.0 Å². The van der Waals surface area contributed by atoms with E-state index in [0.29, 0.717) is 24.1 Å². The lowest BCUT2D eigenvalue weighted by Crippen LogP contribution is -2.44. The van der Waals surface area contributed by atoms with Crippen molar-refractivity contribution < 1.29 is 14.3 Å². The van der Waals surface area contributed by atoms with E-state index < -0.39 is 5.92 Å². The minimum atomic E-state index is -0.487. The molecule has 2 unspecified atom stereocenters. The highest BCUT2D eigenvalue weighted by Crippen LogP contribution is 2.30. The predicted molar refractivity (Wildman–Crippen MR) is 126 cm³/mol. The molecule has 166 valence electrons. The molecule has 4 rings (SSSR count). The molecule has 5 nitrogen and oxygen atoms in total. The highest BCUT2D eigenvalue weighted by molar-refractivity contribution is 5.95. The number of methoxy groups -OCH3 is 1. The average molecular weight is 439 g/mol. The summed E-state index contributed by atoms with van der Waals surface area (Å²) in [4.78, 5) is 28.0. The standard InChI is InChI=1S/C28H26N2O3/c1-33-28(32)25(18-20-7-5-8-21(17-20)19-29)26-11-6-16-30(26)27(31)24-14-12-23(13-15-24)22-9-3-2-4-10-22/h2-5,7-10,12-15,17,25-26H,6,11,16,18H2,1H3. The van der Waals surface area contributed by atoms with Crippen molar-refractivity contribution >= 4 is 11.9 Å². The van der Waals surface area contributed by atoms with Crippen LogP contribution in [0.5, 0.6) is 0 Å². The normalized spacial score (nSPS) is 16.1. The molecule has 0 aromatic heterocycles. The number of likely N-dealkylation sites (tertiary alicyclic amines) is 1. The number of amides is 1. The van der Waals surface area contributed by atoms with Gasteiger partial charge < -0.3 is 9.64 Å². The van der Waals surface area contributed by atoms with Crippen LogP contribution in [0, 0.1) is 17.2 Å². The smallest absolute Gasteiger partial charge is 0.311 e. The highest BCUT2D eigenvalue weighted by atomic mass is 16.5. The summed E-state index contributed by atoms with van der Waals surface area (Å²) in [6.07, 6.45) is 2.00. The molecule has 0 N–H and O–H groups in total. The number of carbonyl (C=O) groups is 2. The Kier molecular flexibility index (Phi) is 6.85. The number of hydrogen-bond donors (Lipinski definition) is 0. The molecule has 0 aliphatic carbocycles. The lowest BCUT2D eigenvalue weighted by Gasteiger charge is -2.30.